The number of carbonyl (C=O) groups is 2. The van der Waals surface area contributed by atoms with Gasteiger partial charge in [-0.1, -0.05) is 32.4 Å². The number of rotatable bonds is 5. The van der Waals surface area contributed by atoms with Gasteiger partial charge in [-0.15, -0.1) is 11.8 Å². The number of carboxylic acids is 1. The number of halogens is 1. The Kier molecular flexibility index (Phi) is 5.89. The monoisotopic (exact) mass is 315 g/mol. The van der Waals surface area contributed by atoms with E-state index in [2.05, 4.69) is 5.32 Å². The van der Waals surface area contributed by atoms with Crippen molar-refractivity contribution >= 4 is 35.2 Å². The Morgan fingerprint density at radius 3 is 2.30 bits per heavy atom. The molecule has 1 atom stereocenters. The molecule has 6 heteroatoms. The van der Waals surface area contributed by atoms with Crippen molar-refractivity contribution in [3.05, 3.63) is 29.3 Å². The Morgan fingerprint density at radius 2 is 1.85 bits per heavy atom. The van der Waals surface area contributed by atoms with E-state index >= 15 is 0 Å². The van der Waals surface area contributed by atoms with Crippen molar-refractivity contribution in [1.29, 1.82) is 0 Å². The molecule has 110 valence electrons. The maximum atomic E-state index is 11.8. The van der Waals surface area contributed by atoms with Gasteiger partial charge in [0.25, 0.3) is 0 Å². The van der Waals surface area contributed by atoms with E-state index in [0.717, 1.165) is 4.90 Å². The lowest BCUT2D eigenvalue weighted by Crippen LogP contribution is -2.49. The minimum Gasteiger partial charge on any atom is -0.480 e. The van der Waals surface area contributed by atoms with Crippen LogP contribution in [-0.4, -0.2) is 28.8 Å². The first-order valence-corrected chi connectivity index (χ1v) is 7.47. The molecule has 1 amide bonds. The van der Waals surface area contributed by atoms with E-state index < -0.39 is 17.4 Å². The number of aliphatic carboxylic acids is 1. The standard InChI is InChI=1S/C14H18ClNO3S/c1-14(2,3)12(13(18)19)16-11(17)8-20-10-6-4-9(15)5-7-10/h4-7,12H,8H2,1-3H3,(H,16,17)(H,18,19)/t12-/m1/s1. The molecule has 1 aromatic rings. The van der Waals surface area contributed by atoms with Crippen LogP contribution >= 0.6 is 23.4 Å². The third-order valence-electron chi connectivity index (χ3n) is 2.60. The third kappa shape index (κ3) is 5.43. The van der Waals surface area contributed by atoms with E-state index in [1.165, 1.54) is 11.8 Å². The van der Waals surface area contributed by atoms with Crippen LogP contribution in [0.25, 0.3) is 0 Å². The van der Waals surface area contributed by atoms with Crippen molar-refractivity contribution in [2.45, 2.75) is 31.7 Å². The molecule has 0 spiro atoms. The van der Waals surface area contributed by atoms with Crippen LogP contribution in [0.1, 0.15) is 20.8 Å². The second-order valence-electron chi connectivity index (χ2n) is 5.45. The molecule has 0 saturated carbocycles. The molecule has 4 nitrogen and oxygen atoms in total. The molecule has 0 aliphatic rings. The maximum Gasteiger partial charge on any atom is 0.326 e. The van der Waals surface area contributed by atoms with Crippen LogP contribution in [0.2, 0.25) is 5.02 Å². The number of benzene rings is 1. The molecule has 0 aromatic heterocycles. The first kappa shape index (κ1) is 16.9. The summed E-state index contributed by atoms with van der Waals surface area (Å²) in [5.41, 5.74) is -0.535. The number of thioether (sulfide) groups is 1. The largest absolute Gasteiger partial charge is 0.480 e. The number of hydrogen-bond donors (Lipinski definition) is 2. The average Bonchev–Trinajstić information content (AvgIpc) is 2.33. The van der Waals surface area contributed by atoms with Crippen LogP contribution in [0.3, 0.4) is 0 Å². The van der Waals surface area contributed by atoms with Crippen LogP contribution in [0.5, 0.6) is 0 Å². The summed E-state index contributed by atoms with van der Waals surface area (Å²) in [6.07, 6.45) is 0. The summed E-state index contributed by atoms with van der Waals surface area (Å²) in [6.45, 7) is 5.33. The number of amides is 1. The Morgan fingerprint density at radius 1 is 1.30 bits per heavy atom. The van der Waals surface area contributed by atoms with Gasteiger partial charge >= 0.3 is 5.97 Å². The van der Waals surface area contributed by atoms with Gasteiger partial charge in [-0.25, -0.2) is 4.79 Å². The normalized spacial score (nSPS) is 12.8. The zero-order valence-corrected chi connectivity index (χ0v) is 13.2. The van der Waals surface area contributed by atoms with Crippen molar-refractivity contribution in [3.8, 4) is 0 Å². The second-order valence-corrected chi connectivity index (χ2v) is 6.93. The summed E-state index contributed by atoms with van der Waals surface area (Å²) in [4.78, 5) is 23.9. The molecule has 20 heavy (non-hydrogen) atoms. The average molecular weight is 316 g/mol. The van der Waals surface area contributed by atoms with Crippen LogP contribution in [0.15, 0.2) is 29.2 Å². The lowest BCUT2D eigenvalue weighted by atomic mass is 9.87. The molecule has 0 unspecified atom stereocenters. The zero-order valence-electron chi connectivity index (χ0n) is 11.6. The van der Waals surface area contributed by atoms with Gasteiger partial charge in [0.1, 0.15) is 6.04 Å². The fourth-order valence-electron chi connectivity index (χ4n) is 1.53. The maximum absolute atomic E-state index is 11.8. The fraction of sp³-hybridized carbons (Fsp3) is 0.429. The van der Waals surface area contributed by atoms with Crippen molar-refractivity contribution in [2.75, 3.05) is 5.75 Å². The van der Waals surface area contributed by atoms with Gasteiger partial charge in [0.15, 0.2) is 0 Å². The summed E-state index contributed by atoms with van der Waals surface area (Å²) in [5, 5.41) is 12.3. The molecule has 0 heterocycles. The molecule has 0 radical (unpaired) electrons. The number of carboxylic acid groups (broad SMARTS) is 1. The predicted octanol–water partition coefficient (Wildman–Crippen LogP) is 3.05. The molecular formula is C14H18ClNO3S. The van der Waals surface area contributed by atoms with Gasteiger partial charge in [-0.05, 0) is 29.7 Å². The zero-order chi connectivity index (χ0) is 15.3. The Balaban J connectivity index is 2.54. The van der Waals surface area contributed by atoms with Crippen molar-refractivity contribution in [1.82, 2.24) is 5.32 Å². The SMILES string of the molecule is CC(C)(C)[C@H](NC(=O)CSc1ccc(Cl)cc1)C(=O)O. The second kappa shape index (κ2) is 6.99. The molecule has 1 aromatic carbocycles. The Labute approximate surface area is 127 Å². The summed E-state index contributed by atoms with van der Waals surface area (Å²) in [5.74, 6) is -1.16. The number of carbonyl (C=O) groups excluding carboxylic acids is 1. The molecular weight excluding hydrogens is 298 g/mol. The summed E-state index contributed by atoms with van der Waals surface area (Å²) >= 11 is 7.11. The topological polar surface area (TPSA) is 66.4 Å². The minimum atomic E-state index is -1.03. The van der Waals surface area contributed by atoms with Gasteiger partial charge in [0, 0.05) is 9.92 Å². The fourth-order valence-corrected chi connectivity index (χ4v) is 2.37. The van der Waals surface area contributed by atoms with E-state index in [0.29, 0.717) is 5.02 Å². The number of hydrogen-bond acceptors (Lipinski definition) is 3. The molecule has 0 saturated heterocycles. The quantitative estimate of drug-likeness (QED) is 0.820. The highest BCUT2D eigenvalue weighted by atomic mass is 35.5. The van der Waals surface area contributed by atoms with Gasteiger partial charge < -0.3 is 10.4 Å². The number of nitrogens with one attached hydrogen (secondary N) is 1. The third-order valence-corrected chi connectivity index (χ3v) is 3.87. The molecule has 2 N–H and O–H groups in total. The molecule has 0 bridgehead atoms. The van der Waals surface area contributed by atoms with Gasteiger partial charge in [-0.3, -0.25) is 4.79 Å². The first-order chi connectivity index (χ1) is 9.20. The molecule has 0 aliphatic heterocycles. The summed E-state index contributed by atoms with van der Waals surface area (Å²) in [7, 11) is 0. The van der Waals surface area contributed by atoms with Crippen LogP contribution in [-0.2, 0) is 9.59 Å². The van der Waals surface area contributed by atoms with Gasteiger partial charge in [-0.2, -0.15) is 0 Å². The lowest BCUT2D eigenvalue weighted by molar-refractivity contribution is -0.144. The van der Waals surface area contributed by atoms with Crippen molar-refractivity contribution < 1.29 is 14.7 Å². The Hall–Kier alpha value is -1.20. The van der Waals surface area contributed by atoms with Gasteiger partial charge in [0.2, 0.25) is 5.91 Å². The van der Waals surface area contributed by atoms with Crippen LogP contribution < -0.4 is 5.32 Å². The van der Waals surface area contributed by atoms with Crippen molar-refractivity contribution in [2.24, 2.45) is 5.41 Å². The van der Waals surface area contributed by atoms with E-state index in [1.807, 2.05) is 12.1 Å². The van der Waals surface area contributed by atoms with E-state index in [9.17, 15) is 9.59 Å². The van der Waals surface area contributed by atoms with E-state index in [-0.39, 0.29) is 11.7 Å². The molecule has 0 aliphatic carbocycles. The lowest BCUT2D eigenvalue weighted by Gasteiger charge is -2.27. The smallest absolute Gasteiger partial charge is 0.326 e. The van der Waals surface area contributed by atoms with E-state index in [4.69, 9.17) is 16.7 Å². The van der Waals surface area contributed by atoms with Crippen LogP contribution in [0.4, 0.5) is 0 Å². The van der Waals surface area contributed by atoms with Gasteiger partial charge in [0.05, 0.1) is 5.75 Å². The highest BCUT2D eigenvalue weighted by Gasteiger charge is 2.32. The highest BCUT2D eigenvalue weighted by Crippen LogP contribution is 2.22. The van der Waals surface area contributed by atoms with Crippen LogP contribution in [0, 0.1) is 5.41 Å². The Bertz CT molecular complexity index is 482. The summed E-state index contributed by atoms with van der Waals surface area (Å²) in [6, 6.07) is 6.23. The minimum absolute atomic E-state index is 0.168. The summed E-state index contributed by atoms with van der Waals surface area (Å²) < 4.78 is 0. The van der Waals surface area contributed by atoms with Crippen molar-refractivity contribution in [3.63, 3.8) is 0 Å². The van der Waals surface area contributed by atoms with E-state index in [1.54, 1.807) is 32.9 Å². The molecule has 1 rings (SSSR count). The predicted molar refractivity (Wildman–Crippen MR) is 81.2 cm³/mol. The highest BCUT2D eigenvalue weighted by molar-refractivity contribution is 8.00. The first-order valence-electron chi connectivity index (χ1n) is 6.10. The molecule has 0 fully saturated rings.